The minimum atomic E-state index is 0.677. The molecule has 1 aromatic carbocycles. The number of quaternary nitrogens is 1. The zero-order valence-electron chi connectivity index (χ0n) is 12.9. The van der Waals surface area contributed by atoms with Gasteiger partial charge in [-0.15, -0.1) is 0 Å². The van der Waals surface area contributed by atoms with Crippen molar-refractivity contribution < 1.29 is 14.4 Å². The van der Waals surface area contributed by atoms with Gasteiger partial charge in [-0.2, -0.15) is 0 Å². The second-order valence-electron chi connectivity index (χ2n) is 5.78. The highest BCUT2D eigenvalue weighted by Crippen LogP contribution is 2.26. The molecular formula is C17H28NO2+. The van der Waals surface area contributed by atoms with E-state index < -0.39 is 0 Å². The number of hydrogen-bond donors (Lipinski definition) is 1. The molecule has 1 saturated heterocycles. The van der Waals surface area contributed by atoms with Crippen molar-refractivity contribution in [3.8, 4) is 11.5 Å². The summed E-state index contributed by atoms with van der Waals surface area (Å²) in [5.41, 5.74) is 0. The van der Waals surface area contributed by atoms with Gasteiger partial charge in [-0.3, -0.25) is 0 Å². The predicted molar refractivity (Wildman–Crippen MR) is 81.7 cm³/mol. The molecule has 1 N–H and O–H groups in total. The van der Waals surface area contributed by atoms with Gasteiger partial charge in [-0.05, 0) is 31.9 Å². The Labute approximate surface area is 122 Å². The molecule has 1 aliphatic rings. The Bertz CT molecular complexity index is 394. The largest absolute Gasteiger partial charge is 0.490 e. The van der Waals surface area contributed by atoms with Crippen molar-refractivity contribution in [1.29, 1.82) is 0 Å². The second kappa shape index (κ2) is 8.15. The molecule has 0 aromatic heterocycles. The predicted octanol–water partition coefficient (Wildman–Crippen LogP) is 2.17. The quantitative estimate of drug-likeness (QED) is 0.773. The third-order valence-electron chi connectivity index (χ3n) is 3.95. The van der Waals surface area contributed by atoms with E-state index in [0.717, 1.165) is 30.4 Å². The zero-order chi connectivity index (χ0) is 14.2. The molecule has 0 amide bonds. The standard InChI is InChI=1S/C17H27NO2/c1-3-19-16-9-4-5-10-17(16)20-13-7-12-18-11-6-8-15(2)14-18/h4-5,9-10,15H,3,6-8,11-14H2,1-2H3/p+1/t15-/m0/s1. The fraction of sp³-hybridized carbons (Fsp3) is 0.647. The summed E-state index contributed by atoms with van der Waals surface area (Å²) < 4.78 is 11.4. The number of rotatable bonds is 7. The highest BCUT2D eigenvalue weighted by molar-refractivity contribution is 5.39. The molecular weight excluding hydrogens is 250 g/mol. The van der Waals surface area contributed by atoms with Gasteiger partial charge in [0.25, 0.3) is 0 Å². The lowest BCUT2D eigenvalue weighted by Gasteiger charge is -2.27. The van der Waals surface area contributed by atoms with Gasteiger partial charge in [0.1, 0.15) is 0 Å². The SMILES string of the molecule is CCOc1ccccc1OCCC[NH+]1CCC[C@H](C)C1. The van der Waals surface area contributed by atoms with E-state index >= 15 is 0 Å². The first kappa shape index (κ1) is 15.2. The zero-order valence-corrected chi connectivity index (χ0v) is 12.9. The van der Waals surface area contributed by atoms with E-state index in [0.29, 0.717) is 6.61 Å². The van der Waals surface area contributed by atoms with Crippen LogP contribution in [-0.2, 0) is 0 Å². The van der Waals surface area contributed by atoms with Crippen molar-refractivity contribution in [3.63, 3.8) is 0 Å². The van der Waals surface area contributed by atoms with E-state index in [4.69, 9.17) is 9.47 Å². The number of nitrogens with one attached hydrogen (secondary N) is 1. The fourth-order valence-corrected chi connectivity index (χ4v) is 2.97. The van der Waals surface area contributed by atoms with E-state index in [1.165, 1.54) is 32.5 Å². The van der Waals surface area contributed by atoms with Gasteiger partial charge in [0, 0.05) is 12.3 Å². The first-order valence-corrected chi connectivity index (χ1v) is 7.97. The summed E-state index contributed by atoms with van der Waals surface area (Å²) in [6.07, 6.45) is 3.90. The van der Waals surface area contributed by atoms with Gasteiger partial charge >= 0.3 is 0 Å². The Morgan fingerprint density at radius 2 is 1.95 bits per heavy atom. The molecule has 0 radical (unpaired) electrons. The summed E-state index contributed by atoms with van der Waals surface area (Å²) in [5.74, 6) is 2.61. The Morgan fingerprint density at radius 1 is 1.20 bits per heavy atom. The van der Waals surface area contributed by atoms with Crippen molar-refractivity contribution in [3.05, 3.63) is 24.3 Å². The normalized spacial score (nSPS) is 22.5. The molecule has 1 unspecified atom stereocenters. The molecule has 20 heavy (non-hydrogen) atoms. The maximum absolute atomic E-state index is 5.87. The second-order valence-corrected chi connectivity index (χ2v) is 5.78. The van der Waals surface area contributed by atoms with Gasteiger partial charge in [0.15, 0.2) is 11.5 Å². The Morgan fingerprint density at radius 3 is 2.65 bits per heavy atom. The molecule has 1 aliphatic heterocycles. The van der Waals surface area contributed by atoms with Crippen molar-refractivity contribution in [2.75, 3.05) is 32.8 Å². The van der Waals surface area contributed by atoms with Gasteiger partial charge in [-0.25, -0.2) is 0 Å². The van der Waals surface area contributed by atoms with Crippen molar-refractivity contribution in [2.45, 2.75) is 33.1 Å². The molecule has 1 aromatic rings. The van der Waals surface area contributed by atoms with Crippen LogP contribution in [0.4, 0.5) is 0 Å². The molecule has 0 bridgehead atoms. The molecule has 112 valence electrons. The smallest absolute Gasteiger partial charge is 0.161 e. The highest BCUT2D eigenvalue weighted by atomic mass is 16.5. The summed E-state index contributed by atoms with van der Waals surface area (Å²) >= 11 is 0. The number of para-hydroxylation sites is 2. The van der Waals surface area contributed by atoms with Gasteiger partial charge in [0.05, 0.1) is 32.8 Å². The summed E-state index contributed by atoms with van der Waals surface area (Å²) in [7, 11) is 0. The van der Waals surface area contributed by atoms with Crippen LogP contribution in [0.15, 0.2) is 24.3 Å². The van der Waals surface area contributed by atoms with Crippen LogP contribution >= 0.6 is 0 Å². The lowest BCUT2D eigenvalue weighted by atomic mass is 10.0. The average Bonchev–Trinajstić information content (AvgIpc) is 2.46. The monoisotopic (exact) mass is 278 g/mol. The Balaban J connectivity index is 1.70. The topological polar surface area (TPSA) is 22.9 Å². The molecule has 1 heterocycles. The lowest BCUT2D eigenvalue weighted by molar-refractivity contribution is -0.908. The van der Waals surface area contributed by atoms with Crippen LogP contribution < -0.4 is 14.4 Å². The highest BCUT2D eigenvalue weighted by Gasteiger charge is 2.18. The first-order valence-electron chi connectivity index (χ1n) is 7.97. The summed E-state index contributed by atoms with van der Waals surface area (Å²) in [6.45, 7) is 9.71. The van der Waals surface area contributed by atoms with Gasteiger partial charge in [-0.1, -0.05) is 19.1 Å². The summed E-state index contributed by atoms with van der Waals surface area (Å²) in [5, 5.41) is 0. The Hall–Kier alpha value is -1.22. The third-order valence-corrected chi connectivity index (χ3v) is 3.95. The molecule has 3 heteroatoms. The van der Waals surface area contributed by atoms with Crippen LogP contribution in [0.2, 0.25) is 0 Å². The number of ether oxygens (including phenoxy) is 2. The van der Waals surface area contributed by atoms with Crippen LogP contribution in [0.3, 0.4) is 0 Å². The number of hydrogen-bond acceptors (Lipinski definition) is 2. The van der Waals surface area contributed by atoms with E-state index in [-0.39, 0.29) is 0 Å². The van der Waals surface area contributed by atoms with E-state index in [1.807, 2.05) is 31.2 Å². The maximum Gasteiger partial charge on any atom is 0.161 e. The summed E-state index contributed by atoms with van der Waals surface area (Å²) in [4.78, 5) is 1.74. The molecule has 2 atom stereocenters. The maximum atomic E-state index is 5.87. The van der Waals surface area contributed by atoms with Crippen LogP contribution in [0.1, 0.15) is 33.1 Å². The molecule has 0 aliphatic carbocycles. The summed E-state index contributed by atoms with van der Waals surface area (Å²) in [6, 6.07) is 7.93. The van der Waals surface area contributed by atoms with Gasteiger partial charge in [0.2, 0.25) is 0 Å². The van der Waals surface area contributed by atoms with E-state index in [9.17, 15) is 0 Å². The lowest BCUT2D eigenvalue weighted by Crippen LogP contribution is -3.13. The van der Waals surface area contributed by atoms with Crippen molar-refractivity contribution in [1.82, 2.24) is 0 Å². The van der Waals surface area contributed by atoms with Gasteiger partial charge < -0.3 is 14.4 Å². The van der Waals surface area contributed by atoms with E-state index in [2.05, 4.69) is 6.92 Å². The molecule has 3 nitrogen and oxygen atoms in total. The molecule has 1 fully saturated rings. The molecule has 0 spiro atoms. The number of piperidine rings is 1. The number of likely N-dealkylation sites (tertiary alicyclic amines) is 1. The first-order chi connectivity index (χ1) is 9.79. The Kier molecular flexibility index (Phi) is 6.19. The van der Waals surface area contributed by atoms with Crippen molar-refractivity contribution >= 4 is 0 Å². The molecule has 0 saturated carbocycles. The van der Waals surface area contributed by atoms with E-state index in [1.54, 1.807) is 4.90 Å². The minimum Gasteiger partial charge on any atom is -0.490 e. The molecule has 2 rings (SSSR count). The van der Waals surface area contributed by atoms with Crippen LogP contribution in [0.5, 0.6) is 11.5 Å². The minimum absolute atomic E-state index is 0.677. The number of benzene rings is 1. The van der Waals surface area contributed by atoms with Crippen LogP contribution in [0, 0.1) is 5.92 Å². The fourth-order valence-electron chi connectivity index (χ4n) is 2.97. The van der Waals surface area contributed by atoms with Crippen LogP contribution in [-0.4, -0.2) is 32.8 Å². The van der Waals surface area contributed by atoms with Crippen molar-refractivity contribution in [2.24, 2.45) is 5.92 Å². The third kappa shape index (κ3) is 4.71. The average molecular weight is 278 g/mol. The van der Waals surface area contributed by atoms with Crippen LogP contribution in [0.25, 0.3) is 0 Å².